The molecule has 1 nitrogen and oxygen atoms in total. The van der Waals surface area contributed by atoms with Gasteiger partial charge in [0.1, 0.15) is 5.82 Å². The number of rotatable bonds is 5. The van der Waals surface area contributed by atoms with Gasteiger partial charge >= 0.3 is 0 Å². The number of alkyl halides is 2. The van der Waals surface area contributed by atoms with Gasteiger partial charge in [-0.2, -0.15) is 0 Å². The summed E-state index contributed by atoms with van der Waals surface area (Å²) in [6.07, 6.45) is 3.10. The predicted octanol–water partition coefficient (Wildman–Crippen LogP) is 4.50. The quantitative estimate of drug-likeness (QED) is 0.728. The maximum Gasteiger partial charge on any atom is 0.127 e. The molecule has 106 valence electrons. The first kappa shape index (κ1) is 15.1. The van der Waals surface area contributed by atoms with E-state index in [4.69, 9.17) is 27.9 Å². The van der Waals surface area contributed by atoms with Gasteiger partial charge in [-0.15, -0.1) is 23.2 Å². The molecule has 1 aromatic rings. The van der Waals surface area contributed by atoms with Gasteiger partial charge in [0, 0.05) is 17.2 Å². The summed E-state index contributed by atoms with van der Waals surface area (Å²) in [7, 11) is 0. The third-order valence-electron chi connectivity index (χ3n) is 3.90. The molecule has 0 radical (unpaired) electrons. The summed E-state index contributed by atoms with van der Waals surface area (Å²) in [4.78, 5) is 0. The van der Waals surface area contributed by atoms with Crippen molar-refractivity contribution in [2.24, 2.45) is 0 Å². The topological polar surface area (TPSA) is 9.23 Å². The number of hydrogen-bond acceptors (Lipinski definition) is 1. The second-order valence-corrected chi connectivity index (χ2v) is 5.91. The normalized spacial score (nSPS) is 23.8. The molecule has 1 aliphatic heterocycles. The first-order valence-electron chi connectivity index (χ1n) is 6.64. The molecule has 2 unspecified atom stereocenters. The maximum absolute atomic E-state index is 14.1. The number of halogens is 3. The Hall–Kier alpha value is -0.310. The summed E-state index contributed by atoms with van der Waals surface area (Å²) in [5.41, 5.74) is 0.0477. The standard InChI is InChI=1S/C15H19Cl2FO/c1-11-6-7-12(19-11)8-15(9-16,10-17)13-4-2-3-5-14(13)18/h2-5,11-12H,6-10H2,1H3. The monoisotopic (exact) mass is 304 g/mol. The van der Waals surface area contributed by atoms with Crippen LogP contribution in [0.25, 0.3) is 0 Å². The van der Waals surface area contributed by atoms with Crippen molar-refractivity contribution in [2.75, 3.05) is 11.8 Å². The van der Waals surface area contributed by atoms with Crippen molar-refractivity contribution in [3.63, 3.8) is 0 Å². The van der Waals surface area contributed by atoms with Gasteiger partial charge in [-0.1, -0.05) is 18.2 Å². The van der Waals surface area contributed by atoms with E-state index in [1.165, 1.54) is 6.07 Å². The molecule has 19 heavy (non-hydrogen) atoms. The summed E-state index contributed by atoms with van der Waals surface area (Å²) in [6, 6.07) is 6.74. The molecule has 1 saturated heterocycles. The van der Waals surface area contributed by atoms with Crippen LogP contribution in [0.3, 0.4) is 0 Å². The Kier molecular flexibility index (Phi) is 5.10. The SMILES string of the molecule is CC1CCC(CC(CCl)(CCl)c2ccccc2F)O1. The fraction of sp³-hybridized carbons (Fsp3) is 0.600. The van der Waals surface area contributed by atoms with E-state index < -0.39 is 5.41 Å². The van der Waals surface area contributed by atoms with E-state index in [0.29, 0.717) is 23.7 Å². The Morgan fingerprint density at radius 3 is 2.47 bits per heavy atom. The first-order chi connectivity index (χ1) is 9.11. The molecule has 1 aromatic carbocycles. The van der Waals surface area contributed by atoms with Crippen LogP contribution in [-0.2, 0) is 10.2 Å². The van der Waals surface area contributed by atoms with E-state index in [0.717, 1.165) is 12.8 Å². The molecule has 0 spiro atoms. The van der Waals surface area contributed by atoms with Crippen molar-refractivity contribution >= 4 is 23.2 Å². The van der Waals surface area contributed by atoms with E-state index in [-0.39, 0.29) is 18.0 Å². The summed E-state index contributed by atoms with van der Waals surface area (Å²) < 4.78 is 19.9. The van der Waals surface area contributed by atoms with Crippen molar-refractivity contribution in [1.29, 1.82) is 0 Å². The highest BCUT2D eigenvalue weighted by Gasteiger charge is 2.38. The zero-order valence-corrected chi connectivity index (χ0v) is 12.6. The molecular formula is C15H19Cl2FO. The molecule has 0 N–H and O–H groups in total. The molecule has 0 aromatic heterocycles. The van der Waals surface area contributed by atoms with Gasteiger partial charge in [0.25, 0.3) is 0 Å². The third kappa shape index (κ3) is 3.24. The Balaban J connectivity index is 2.25. The summed E-state index contributed by atoms with van der Waals surface area (Å²) in [5.74, 6) is 0.354. The van der Waals surface area contributed by atoms with Crippen molar-refractivity contribution < 1.29 is 9.13 Å². The molecule has 2 atom stereocenters. The Labute approximate surface area is 124 Å². The van der Waals surface area contributed by atoms with Crippen LogP contribution in [0.15, 0.2) is 24.3 Å². The fourth-order valence-corrected chi connectivity index (χ4v) is 3.55. The molecule has 1 heterocycles. The molecule has 4 heteroatoms. The molecule has 0 aliphatic carbocycles. The lowest BCUT2D eigenvalue weighted by molar-refractivity contribution is 0.0397. The van der Waals surface area contributed by atoms with Gasteiger partial charge in [-0.25, -0.2) is 4.39 Å². The van der Waals surface area contributed by atoms with Crippen molar-refractivity contribution in [3.05, 3.63) is 35.6 Å². The van der Waals surface area contributed by atoms with Crippen molar-refractivity contribution in [1.82, 2.24) is 0 Å². The highest BCUT2D eigenvalue weighted by atomic mass is 35.5. The van der Waals surface area contributed by atoms with Crippen LogP contribution in [0.1, 0.15) is 31.7 Å². The van der Waals surface area contributed by atoms with E-state index in [2.05, 4.69) is 6.92 Å². The second kappa shape index (κ2) is 6.43. The fourth-order valence-electron chi connectivity index (χ4n) is 2.76. The Morgan fingerprint density at radius 2 is 1.95 bits per heavy atom. The van der Waals surface area contributed by atoms with Crippen LogP contribution in [-0.4, -0.2) is 24.0 Å². The largest absolute Gasteiger partial charge is 0.375 e. The average molecular weight is 305 g/mol. The molecule has 0 bridgehead atoms. The smallest absolute Gasteiger partial charge is 0.127 e. The van der Waals surface area contributed by atoms with Gasteiger partial charge in [0.05, 0.1) is 12.2 Å². The van der Waals surface area contributed by atoms with E-state index in [1.54, 1.807) is 12.1 Å². The third-order valence-corrected chi connectivity index (χ3v) is 4.92. The highest BCUT2D eigenvalue weighted by Crippen LogP contribution is 2.37. The van der Waals surface area contributed by atoms with E-state index in [1.807, 2.05) is 6.07 Å². The average Bonchev–Trinajstić information content (AvgIpc) is 2.82. The van der Waals surface area contributed by atoms with Gasteiger partial charge in [0.2, 0.25) is 0 Å². The summed E-state index contributed by atoms with van der Waals surface area (Å²) >= 11 is 12.3. The lowest BCUT2D eigenvalue weighted by atomic mass is 9.78. The minimum Gasteiger partial charge on any atom is -0.375 e. The zero-order valence-electron chi connectivity index (χ0n) is 11.0. The highest BCUT2D eigenvalue weighted by molar-refractivity contribution is 6.22. The number of benzene rings is 1. The number of ether oxygens (including phenoxy) is 1. The minimum atomic E-state index is -0.552. The first-order valence-corrected chi connectivity index (χ1v) is 7.70. The van der Waals surface area contributed by atoms with Crippen molar-refractivity contribution in [3.8, 4) is 0 Å². The van der Waals surface area contributed by atoms with Crippen LogP contribution in [0, 0.1) is 5.82 Å². The number of hydrogen-bond donors (Lipinski definition) is 0. The predicted molar refractivity (Wildman–Crippen MR) is 77.7 cm³/mol. The molecular weight excluding hydrogens is 286 g/mol. The molecule has 1 fully saturated rings. The molecule has 1 aliphatic rings. The van der Waals surface area contributed by atoms with Crippen molar-refractivity contribution in [2.45, 2.75) is 43.8 Å². The van der Waals surface area contributed by atoms with Crippen LogP contribution in [0.4, 0.5) is 4.39 Å². The van der Waals surface area contributed by atoms with Crippen LogP contribution >= 0.6 is 23.2 Å². The summed E-state index contributed by atoms with van der Waals surface area (Å²) in [5, 5.41) is 0. The second-order valence-electron chi connectivity index (χ2n) is 5.38. The molecule has 2 rings (SSSR count). The lowest BCUT2D eigenvalue weighted by Gasteiger charge is -2.33. The summed E-state index contributed by atoms with van der Waals surface area (Å²) in [6.45, 7) is 2.06. The lowest BCUT2D eigenvalue weighted by Crippen LogP contribution is -2.36. The van der Waals surface area contributed by atoms with Gasteiger partial charge in [0.15, 0.2) is 0 Å². The Morgan fingerprint density at radius 1 is 1.26 bits per heavy atom. The Bertz CT molecular complexity index is 420. The molecule has 0 amide bonds. The molecule has 0 saturated carbocycles. The van der Waals surface area contributed by atoms with Gasteiger partial charge in [-0.05, 0) is 37.8 Å². The maximum atomic E-state index is 14.1. The van der Waals surface area contributed by atoms with Gasteiger partial charge < -0.3 is 4.74 Å². The van der Waals surface area contributed by atoms with Gasteiger partial charge in [-0.3, -0.25) is 0 Å². The van der Waals surface area contributed by atoms with Crippen LogP contribution in [0.5, 0.6) is 0 Å². The van der Waals surface area contributed by atoms with Crippen LogP contribution < -0.4 is 0 Å². The van der Waals surface area contributed by atoms with Crippen LogP contribution in [0.2, 0.25) is 0 Å². The minimum absolute atomic E-state index is 0.118. The zero-order chi connectivity index (χ0) is 13.9. The van der Waals surface area contributed by atoms with E-state index >= 15 is 0 Å². The van der Waals surface area contributed by atoms with E-state index in [9.17, 15) is 4.39 Å².